The maximum absolute atomic E-state index is 13.6. The number of hydrazine groups is 1. The van der Waals surface area contributed by atoms with Crippen LogP contribution >= 0.6 is 0 Å². The molecule has 6 heteroatoms. The number of fused-ring (bicyclic) bond motifs is 1. The Morgan fingerprint density at radius 1 is 1.06 bits per heavy atom. The number of rotatable bonds is 8. The van der Waals surface area contributed by atoms with E-state index in [1.165, 1.54) is 30.4 Å². The molecule has 3 aliphatic heterocycles. The van der Waals surface area contributed by atoms with Crippen molar-refractivity contribution in [3.8, 4) is 0 Å². The van der Waals surface area contributed by atoms with Crippen LogP contribution in [0.15, 0.2) is 36.0 Å². The molecule has 2 fully saturated rings. The molecular weight excluding hydrogens is 424 g/mol. The summed E-state index contributed by atoms with van der Waals surface area (Å²) >= 11 is 0. The SMILES string of the molecule is CCCCCC1CN(CC(=O)N2CCCCC2CC)C(=O)C2=CC(c3ccc(C)cc3)N(C)N21. The predicted octanol–water partition coefficient (Wildman–Crippen LogP) is 4.66. The van der Waals surface area contributed by atoms with E-state index in [4.69, 9.17) is 0 Å². The van der Waals surface area contributed by atoms with Crippen molar-refractivity contribution in [3.63, 3.8) is 0 Å². The van der Waals surface area contributed by atoms with Crippen LogP contribution in [-0.4, -0.2) is 70.4 Å². The molecule has 0 spiro atoms. The number of carbonyl (C=O) groups is 2. The smallest absolute Gasteiger partial charge is 0.271 e. The lowest BCUT2D eigenvalue weighted by Gasteiger charge is -2.45. The number of piperidine rings is 1. The van der Waals surface area contributed by atoms with E-state index in [0.717, 1.165) is 44.3 Å². The van der Waals surface area contributed by atoms with Gasteiger partial charge in [-0.2, -0.15) is 0 Å². The number of unbranched alkanes of at least 4 members (excludes halogenated alkanes) is 2. The number of carbonyl (C=O) groups excluding carboxylic acids is 2. The molecule has 2 amide bonds. The van der Waals surface area contributed by atoms with Gasteiger partial charge < -0.3 is 9.80 Å². The third-order valence-corrected chi connectivity index (χ3v) is 7.89. The van der Waals surface area contributed by atoms with Crippen molar-refractivity contribution >= 4 is 11.8 Å². The second kappa shape index (κ2) is 10.9. The van der Waals surface area contributed by atoms with Gasteiger partial charge in [0.25, 0.3) is 5.91 Å². The highest BCUT2D eigenvalue weighted by Gasteiger charge is 2.44. The standard InChI is InChI=1S/C28H42N4O2/c1-5-7-8-12-24-19-30(20-27(33)31-17-10-9-11-23(31)6-2)28(34)26-18-25(29(4)32(24)26)22-15-13-21(3)14-16-22/h13-16,18,23-25H,5-12,17,19-20H2,1-4H3. The molecule has 3 aliphatic rings. The second-order valence-electron chi connectivity index (χ2n) is 10.3. The minimum Gasteiger partial charge on any atom is -0.338 e. The Balaban J connectivity index is 1.56. The number of likely N-dealkylation sites (N-methyl/N-ethyl adjacent to an activating group) is 1. The van der Waals surface area contributed by atoms with Gasteiger partial charge in [-0.3, -0.25) is 14.6 Å². The zero-order chi connectivity index (χ0) is 24.2. The summed E-state index contributed by atoms with van der Waals surface area (Å²) in [5.41, 5.74) is 3.16. The normalized spacial score (nSPS) is 25.5. The molecule has 0 N–H and O–H groups in total. The topological polar surface area (TPSA) is 47.1 Å². The fourth-order valence-corrected chi connectivity index (χ4v) is 5.90. The molecule has 0 aliphatic carbocycles. The van der Waals surface area contributed by atoms with E-state index in [1.807, 2.05) is 9.80 Å². The van der Waals surface area contributed by atoms with Gasteiger partial charge in [-0.15, -0.1) is 0 Å². The van der Waals surface area contributed by atoms with Gasteiger partial charge in [0.2, 0.25) is 5.91 Å². The molecular formula is C28H42N4O2. The Bertz CT molecular complexity index is 896. The van der Waals surface area contributed by atoms with Crippen LogP contribution in [0.3, 0.4) is 0 Å². The number of likely N-dealkylation sites (tertiary alicyclic amines) is 1. The molecule has 0 saturated carbocycles. The Hall–Kier alpha value is -2.34. The third-order valence-electron chi connectivity index (χ3n) is 7.89. The molecule has 2 saturated heterocycles. The largest absolute Gasteiger partial charge is 0.338 e. The molecule has 3 heterocycles. The molecule has 186 valence electrons. The number of amides is 2. The zero-order valence-corrected chi connectivity index (χ0v) is 21.5. The van der Waals surface area contributed by atoms with Crippen molar-refractivity contribution in [2.75, 3.05) is 26.7 Å². The van der Waals surface area contributed by atoms with Gasteiger partial charge in [-0.25, -0.2) is 5.01 Å². The van der Waals surface area contributed by atoms with Gasteiger partial charge in [0.15, 0.2) is 0 Å². The summed E-state index contributed by atoms with van der Waals surface area (Å²) in [6.45, 7) is 8.11. The molecule has 0 bridgehead atoms. The Labute approximate surface area is 205 Å². The van der Waals surface area contributed by atoms with Crippen LogP contribution in [0, 0.1) is 6.92 Å². The third kappa shape index (κ3) is 5.02. The number of aryl methyl sites for hydroxylation is 1. The zero-order valence-electron chi connectivity index (χ0n) is 21.5. The summed E-state index contributed by atoms with van der Waals surface area (Å²) in [4.78, 5) is 30.8. The molecule has 1 aromatic carbocycles. The van der Waals surface area contributed by atoms with Gasteiger partial charge in [-0.1, -0.05) is 62.9 Å². The Morgan fingerprint density at radius 2 is 1.82 bits per heavy atom. The number of nitrogens with zero attached hydrogens (tertiary/aromatic N) is 4. The van der Waals surface area contributed by atoms with E-state index in [0.29, 0.717) is 12.6 Å². The van der Waals surface area contributed by atoms with Crippen LogP contribution in [0.1, 0.15) is 82.4 Å². The molecule has 6 nitrogen and oxygen atoms in total. The van der Waals surface area contributed by atoms with Gasteiger partial charge in [-0.05, 0) is 50.7 Å². The van der Waals surface area contributed by atoms with Crippen molar-refractivity contribution in [1.82, 2.24) is 19.8 Å². The van der Waals surface area contributed by atoms with Crippen LogP contribution < -0.4 is 0 Å². The number of hydrogen-bond donors (Lipinski definition) is 0. The van der Waals surface area contributed by atoms with Crippen LogP contribution in [0.4, 0.5) is 0 Å². The van der Waals surface area contributed by atoms with E-state index >= 15 is 0 Å². The number of benzene rings is 1. The second-order valence-corrected chi connectivity index (χ2v) is 10.3. The number of hydrogen-bond acceptors (Lipinski definition) is 4. The maximum atomic E-state index is 13.6. The highest BCUT2D eigenvalue weighted by Crippen LogP contribution is 2.38. The lowest BCUT2D eigenvalue weighted by atomic mass is 9.99. The van der Waals surface area contributed by atoms with Crippen molar-refractivity contribution in [2.24, 2.45) is 0 Å². The van der Waals surface area contributed by atoms with Gasteiger partial charge in [0, 0.05) is 26.2 Å². The monoisotopic (exact) mass is 466 g/mol. The van der Waals surface area contributed by atoms with Crippen molar-refractivity contribution in [2.45, 2.75) is 90.3 Å². The lowest BCUT2D eigenvalue weighted by Crippen LogP contribution is -2.59. The maximum Gasteiger partial charge on any atom is 0.271 e. The molecule has 34 heavy (non-hydrogen) atoms. The first kappa shape index (κ1) is 24.8. The summed E-state index contributed by atoms with van der Waals surface area (Å²) in [5, 5.41) is 4.45. The number of piperazine rings is 1. The fourth-order valence-electron chi connectivity index (χ4n) is 5.90. The van der Waals surface area contributed by atoms with Gasteiger partial charge >= 0.3 is 0 Å². The first-order valence-electron chi connectivity index (χ1n) is 13.3. The fraction of sp³-hybridized carbons (Fsp3) is 0.643. The summed E-state index contributed by atoms with van der Waals surface area (Å²) in [7, 11) is 2.09. The van der Waals surface area contributed by atoms with Crippen LogP contribution in [0.2, 0.25) is 0 Å². The quantitative estimate of drug-likeness (QED) is 0.523. The molecule has 0 radical (unpaired) electrons. The van der Waals surface area contributed by atoms with Gasteiger partial charge in [0.1, 0.15) is 12.2 Å². The summed E-state index contributed by atoms with van der Waals surface area (Å²) < 4.78 is 0. The molecule has 3 atom stereocenters. The summed E-state index contributed by atoms with van der Waals surface area (Å²) in [5.74, 6) is 0.106. The van der Waals surface area contributed by atoms with E-state index in [9.17, 15) is 9.59 Å². The highest BCUT2D eigenvalue weighted by atomic mass is 16.2. The van der Waals surface area contributed by atoms with Crippen LogP contribution in [0.5, 0.6) is 0 Å². The summed E-state index contributed by atoms with van der Waals surface area (Å²) in [6, 6.07) is 9.14. The minimum absolute atomic E-state index is 0.00777. The van der Waals surface area contributed by atoms with Gasteiger partial charge in [0.05, 0.1) is 12.1 Å². The van der Waals surface area contributed by atoms with Crippen LogP contribution in [-0.2, 0) is 9.59 Å². The minimum atomic E-state index is -0.00777. The van der Waals surface area contributed by atoms with Crippen molar-refractivity contribution in [1.29, 1.82) is 0 Å². The molecule has 1 aromatic rings. The van der Waals surface area contributed by atoms with E-state index in [-0.39, 0.29) is 30.4 Å². The molecule has 3 unspecified atom stereocenters. The Morgan fingerprint density at radius 3 is 2.53 bits per heavy atom. The predicted molar refractivity (Wildman–Crippen MR) is 136 cm³/mol. The van der Waals surface area contributed by atoms with Crippen molar-refractivity contribution in [3.05, 3.63) is 47.2 Å². The van der Waals surface area contributed by atoms with Crippen LogP contribution in [0.25, 0.3) is 0 Å². The average Bonchev–Trinajstić information content (AvgIpc) is 3.20. The molecule has 4 rings (SSSR count). The van der Waals surface area contributed by atoms with E-state index in [1.54, 1.807) is 0 Å². The summed E-state index contributed by atoms with van der Waals surface area (Å²) in [6.07, 6.45) is 10.9. The first-order valence-corrected chi connectivity index (χ1v) is 13.3. The van der Waals surface area contributed by atoms with E-state index in [2.05, 4.69) is 68.2 Å². The molecule has 0 aromatic heterocycles. The van der Waals surface area contributed by atoms with E-state index < -0.39 is 0 Å². The first-order chi connectivity index (χ1) is 16.4. The Kier molecular flexibility index (Phi) is 7.97. The average molecular weight is 467 g/mol. The van der Waals surface area contributed by atoms with Crippen molar-refractivity contribution < 1.29 is 9.59 Å². The highest BCUT2D eigenvalue weighted by molar-refractivity contribution is 5.96. The lowest BCUT2D eigenvalue weighted by molar-refractivity contribution is -0.148.